The van der Waals surface area contributed by atoms with Crippen LogP contribution in [0.2, 0.25) is 0 Å². The summed E-state index contributed by atoms with van der Waals surface area (Å²) in [6.45, 7) is 10.7. The predicted molar refractivity (Wildman–Crippen MR) is 147 cm³/mol. The number of fused-ring (bicyclic) bond motifs is 1. The monoisotopic (exact) mass is 513 g/mol. The molecule has 4 heterocycles. The van der Waals surface area contributed by atoms with E-state index >= 15 is 0 Å². The van der Waals surface area contributed by atoms with Gasteiger partial charge in [-0.3, -0.25) is 4.90 Å². The number of hydrogen-bond acceptors (Lipinski definition) is 8. The molecule has 0 unspecified atom stereocenters. The third-order valence-corrected chi connectivity index (χ3v) is 7.56. The molecule has 1 aliphatic heterocycles. The number of imidazole rings is 1. The molecule has 6 rings (SSSR count). The molecule has 0 spiro atoms. The number of aromatic nitrogens is 5. The van der Waals surface area contributed by atoms with Crippen LogP contribution in [0.25, 0.3) is 22.6 Å². The second-order valence-corrected chi connectivity index (χ2v) is 10.7. The number of pyridine rings is 1. The Hall–Kier alpha value is -3.56. The molecule has 0 amide bonds. The summed E-state index contributed by atoms with van der Waals surface area (Å²) in [6, 6.07) is 12.3. The van der Waals surface area contributed by atoms with Crippen molar-refractivity contribution in [2.75, 3.05) is 46.4 Å². The molecule has 4 aromatic rings. The summed E-state index contributed by atoms with van der Waals surface area (Å²) in [5, 5.41) is 0. The van der Waals surface area contributed by atoms with Gasteiger partial charge in [-0.15, -0.1) is 0 Å². The molecule has 1 saturated heterocycles. The third-order valence-electron chi connectivity index (χ3n) is 7.56. The van der Waals surface area contributed by atoms with Gasteiger partial charge in [-0.2, -0.15) is 4.98 Å². The van der Waals surface area contributed by atoms with Gasteiger partial charge in [0.15, 0.2) is 11.2 Å². The lowest BCUT2D eigenvalue weighted by Crippen LogP contribution is -2.45. The first-order valence-corrected chi connectivity index (χ1v) is 13.4. The Morgan fingerprint density at radius 1 is 1.00 bits per heavy atom. The first-order chi connectivity index (χ1) is 18.5. The lowest BCUT2D eigenvalue weighted by atomic mass is 10.1. The van der Waals surface area contributed by atoms with Crippen LogP contribution in [-0.4, -0.2) is 86.3 Å². The van der Waals surface area contributed by atoms with E-state index in [4.69, 9.17) is 14.5 Å². The first-order valence-electron chi connectivity index (χ1n) is 13.4. The van der Waals surface area contributed by atoms with E-state index in [2.05, 4.69) is 62.3 Å². The van der Waals surface area contributed by atoms with Crippen LogP contribution in [0.3, 0.4) is 0 Å². The van der Waals surface area contributed by atoms with Crippen molar-refractivity contribution in [3.8, 4) is 23.1 Å². The second kappa shape index (κ2) is 10.3. The van der Waals surface area contributed by atoms with Gasteiger partial charge >= 0.3 is 0 Å². The Balaban J connectivity index is 1.28. The van der Waals surface area contributed by atoms with Crippen LogP contribution in [0.15, 0.2) is 48.9 Å². The third kappa shape index (κ3) is 5.35. The number of rotatable bonds is 9. The molecule has 2 aliphatic rings. The quantitative estimate of drug-likeness (QED) is 0.334. The zero-order valence-corrected chi connectivity index (χ0v) is 22.4. The Morgan fingerprint density at radius 2 is 1.79 bits per heavy atom. The van der Waals surface area contributed by atoms with Crippen LogP contribution in [0, 0.1) is 6.92 Å². The maximum Gasteiger partial charge on any atom is 0.245 e. The van der Waals surface area contributed by atoms with Crippen LogP contribution < -0.4 is 9.47 Å². The highest BCUT2D eigenvalue weighted by molar-refractivity contribution is 5.82. The molecule has 2 fully saturated rings. The average Bonchev–Trinajstić information content (AvgIpc) is 3.54. The summed E-state index contributed by atoms with van der Waals surface area (Å²) in [7, 11) is 2.17. The molecule has 1 saturated carbocycles. The smallest absolute Gasteiger partial charge is 0.245 e. The van der Waals surface area contributed by atoms with Gasteiger partial charge in [-0.1, -0.05) is 30.3 Å². The average molecular weight is 514 g/mol. The minimum atomic E-state index is -0.161. The molecular weight excluding hydrogens is 478 g/mol. The van der Waals surface area contributed by atoms with Gasteiger partial charge in [0.2, 0.25) is 11.8 Å². The standard InChI is InChI=1S/C29H35N7O2/c1-21-17-24(37-16-15-35-13-11-34(3)12-14-35)30-18-23(21)26-33-25-27(36(26)19-22-7-5-4-6-8-22)31-20-32-28(25)38-29(2)9-10-29/h4-8,17-18,20H,9-16,19H2,1-3H3. The largest absolute Gasteiger partial charge is 0.476 e. The normalized spacial score (nSPS) is 17.6. The molecule has 0 N–H and O–H groups in total. The number of piperazine rings is 1. The van der Waals surface area contributed by atoms with Crippen LogP contribution in [0.4, 0.5) is 0 Å². The molecule has 9 nitrogen and oxygen atoms in total. The van der Waals surface area contributed by atoms with Gasteiger partial charge in [0.05, 0.1) is 6.54 Å². The fourth-order valence-corrected chi connectivity index (χ4v) is 4.82. The predicted octanol–water partition coefficient (Wildman–Crippen LogP) is 3.80. The molecule has 0 atom stereocenters. The van der Waals surface area contributed by atoms with E-state index in [9.17, 15) is 0 Å². The second-order valence-electron chi connectivity index (χ2n) is 10.7. The van der Waals surface area contributed by atoms with Crippen molar-refractivity contribution < 1.29 is 9.47 Å². The molecule has 3 aromatic heterocycles. The molecule has 38 heavy (non-hydrogen) atoms. The maximum atomic E-state index is 6.26. The molecule has 0 bridgehead atoms. The van der Waals surface area contributed by atoms with Gasteiger partial charge in [0.1, 0.15) is 24.4 Å². The van der Waals surface area contributed by atoms with Crippen LogP contribution in [-0.2, 0) is 6.54 Å². The van der Waals surface area contributed by atoms with Crippen molar-refractivity contribution >= 4 is 11.2 Å². The summed E-state index contributed by atoms with van der Waals surface area (Å²) < 4.78 is 14.4. The van der Waals surface area contributed by atoms with E-state index in [0.29, 0.717) is 30.4 Å². The van der Waals surface area contributed by atoms with Crippen LogP contribution in [0.1, 0.15) is 30.9 Å². The van der Waals surface area contributed by atoms with Gasteiger partial charge in [0.25, 0.3) is 0 Å². The highest BCUT2D eigenvalue weighted by Gasteiger charge is 2.41. The number of aryl methyl sites for hydroxylation is 1. The zero-order valence-electron chi connectivity index (χ0n) is 22.4. The SMILES string of the molecule is Cc1cc(OCCN2CCN(C)CC2)ncc1-c1nc2c(OC3(C)CC3)ncnc2n1Cc1ccccc1. The van der Waals surface area contributed by atoms with E-state index in [1.807, 2.05) is 30.5 Å². The van der Waals surface area contributed by atoms with Crippen molar-refractivity contribution in [1.82, 2.24) is 34.3 Å². The fraction of sp³-hybridized carbons (Fsp3) is 0.448. The van der Waals surface area contributed by atoms with Crippen LogP contribution in [0.5, 0.6) is 11.8 Å². The summed E-state index contributed by atoms with van der Waals surface area (Å²) in [5.41, 5.74) is 4.42. The van der Waals surface area contributed by atoms with Crippen molar-refractivity contribution in [1.29, 1.82) is 0 Å². The number of benzene rings is 1. The minimum Gasteiger partial charge on any atom is -0.476 e. The molecule has 9 heteroatoms. The van der Waals surface area contributed by atoms with Crippen LogP contribution >= 0.6 is 0 Å². The Morgan fingerprint density at radius 3 is 2.53 bits per heavy atom. The van der Waals surface area contributed by atoms with Gasteiger partial charge in [-0.05, 0) is 44.9 Å². The van der Waals surface area contributed by atoms with E-state index in [1.54, 1.807) is 6.33 Å². The zero-order chi connectivity index (χ0) is 26.1. The highest BCUT2D eigenvalue weighted by Crippen LogP contribution is 2.41. The summed E-state index contributed by atoms with van der Waals surface area (Å²) in [6.07, 6.45) is 5.48. The van der Waals surface area contributed by atoms with Crippen molar-refractivity contribution in [3.05, 3.63) is 60.0 Å². The summed E-state index contributed by atoms with van der Waals surface area (Å²) in [5.74, 6) is 1.97. The van der Waals surface area contributed by atoms with Crippen molar-refractivity contribution in [3.63, 3.8) is 0 Å². The topological polar surface area (TPSA) is 81.4 Å². The number of nitrogens with zero attached hydrogens (tertiary/aromatic N) is 7. The lowest BCUT2D eigenvalue weighted by molar-refractivity contribution is 0.132. The minimum absolute atomic E-state index is 0.161. The van der Waals surface area contributed by atoms with Gasteiger partial charge < -0.3 is 18.9 Å². The first kappa shape index (κ1) is 24.8. The number of ether oxygens (including phenoxy) is 2. The van der Waals surface area contributed by atoms with E-state index < -0.39 is 0 Å². The van der Waals surface area contributed by atoms with E-state index in [-0.39, 0.29) is 5.60 Å². The van der Waals surface area contributed by atoms with Gasteiger partial charge in [0, 0.05) is 50.6 Å². The van der Waals surface area contributed by atoms with E-state index in [0.717, 1.165) is 73.7 Å². The van der Waals surface area contributed by atoms with Crippen molar-refractivity contribution in [2.45, 2.75) is 38.8 Å². The molecule has 198 valence electrons. The Kier molecular flexibility index (Phi) is 6.71. The summed E-state index contributed by atoms with van der Waals surface area (Å²) in [4.78, 5) is 23.6. The maximum absolute atomic E-state index is 6.26. The van der Waals surface area contributed by atoms with E-state index in [1.165, 1.54) is 0 Å². The Bertz CT molecular complexity index is 1410. The fourth-order valence-electron chi connectivity index (χ4n) is 4.82. The number of likely N-dealkylation sites (N-methyl/N-ethyl adjacent to an activating group) is 1. The highest BCUT2D eigenvalue weighted by atomic mass is 16.5. The Labute approximate surface area is 223 Å². The molecule has 0 radical (unpaired) electrons. The summed E-state index contributed by atoms with van der Waals surface area (Å²) >= 11 is 0. The molecule has 1 aromatic carbocycles. The number of hydrogen-bond donors (Lipinski definition) is 0. The molecular formula is C29H35N7O2. The lowest BCUT2D eigenvalue weighted by Gasteiger charge is -2.32. The van der Waals surface area contributed by atoms with Gasteiger partial charge in [-0.25, -0.2) is 15.0 Å². The van der Waals surface area contributed by atoms with Crippen molar-refractivity contribution in [2.24, 2.45) is 0 Å². The molecule has 1 aliphatic carbocycles.